The van der Waals surface area contributed by atoms with E-state index in [0.717, 1.165) is 32.1 Å². The van der Waals surface area contributed by atoms with Crippen LogP contribution in [0.25, 0.3) is 0 Å². The molecule has 0 fully saturated rings. The molecule has 0 saturated carbocycles. The Morgan fingerprint density at radius 3 is 2.00 bits per heavy atom. The normalized spacial score (nSPS) is 11.6. The lowest BCUT2D eigenvalue weighted by atomic mass is 10.1. The lowest BCUT2D eigenvalue weighted by molar-refractivity contribution is -0.134. The Morgan fingerprint density at radius 1 is 0.828 bits per heavy atom. The van der Waals surface area contributed by atoms with Gasteiger partial charge in [-0.2, -0.15) is 0 Å². The molecule has 0 spiro atoms. The van der Waals surface area contributed by atoms with E-state index in [4.69, 9.17) is 39.5 Å². The average molecular weight is 460 g/mol. The van der Waals surface area contributed by atoms with Crippen molar-refractivity contribution in [1.29, 1.82) is 0 Å². The number of rotatable bonds is 15. The molecule has 0 aliphatic heterocycles. The van der Waals surface area contributed by atoms with Crippen LogP contribution < -0.4 is 4.74 Å². The number of halogens is 3. The van der Waals surface area contributed by atoms with Crippen molar-refractivity contribution in [3.05, 3.63) is 51.5 Å². The van der Waals surface area contributed by atoms with Crippen LogP contribution in [0, 0.1) is 0 Å². The number of benzene rings is 1. The highest BCUT2D eigenvalue weighted by atomic mass is 35.5. The zero-order valence-corrected chi connectivity index (χ0v) is 19.7. The highest BCUT2D eigenvalue weighted by Crippen LogP contribution is 2.36. The molecular weight excluding hydrogens is 427 g/mol. The van der Waals surface area contributed by atoms with Crippen LogP contribution in [0.3, 0.4) is 0 Å². The van der Waals surface area contributed by atoms with Gasteiger partial charge in [0.05, 0.1) is 10.0 Å². The number of allylic oxidation sites excluding steroid dienone is 4. The van der Waals surface area contributed by atoms with Crippen molar-refractivity contribution in [2.75, 3.05) is 0 Å². The summed E-state index contributed by atoms with van der Waals surface area (Å²) >= 11 is 17.9. The molecule has 1 aromatic rings. The molecule has 1 rings (SSSR count). The zero-order valence-electron chi connectivity index (χ0n) is 17.4. The van der Waals surface area contributed by atoms with Crippen LogP contribution in [0.2, 0.25) is 15.1 Å². The largest absolute Gasteiger partial charge is 0.423 e. The number of carbonyl (C=O) groups is 1. The molecule has 1 aromatic carbocycles. The monoisotopic (exact) mass is 458 g/mol. The summed E-state index contributed by atoms with van der Waals surface area (Å²) in [6.07, 6.45) is 22.0. The summed E-state index contributed by atoms with van der Waals surface area (Å²) in [6, 6.07) is 3.02. The van der Waals surface area contributed by atoms with E-state index in [0.29, 0.717) is 11.4 Å². The van der Waals surface area contributed by atoms with Gasteiger partial charge in [0.15, 0.2) is 5.75 Å². The van der Waals surface area contributed by atoms with Crippen molar-refractivity contribution in [3.8, 4) is 5.75 Å². The minimum Gasteiger partial charge on any atom is -0.423 e. The molecule has 0 bridgehead atoms. The molecule has 0 unspecified atom stereocenters. The minimum absolute atomic E-state index is 0.185. The molecule has 0 heterocycles. The lowest BCUT2D eigenvalue weighted by Gasteiger charge is -2.08. The molecule has 0 N–H and O–H groups in total. The van der Waals surface area contributed by atoms with Crippen molar-refractivity contribution in [2.24, 2.45) is 0 Å². The van der Waals surface area contributed by atoms with E-state index < -0.39 is 0 Å². The number of hydrogen-bond donors (Lipinski definition) is 0. The zero-order chi connectivity index (χ0) is 21.3. The first-order chi connectivity index (χ1) is 14.0. The standard InChI is InChI=1S/C24H33Cl3O2/c1-2-3-4-5-6-7-8-9-10-11-12-13-14-15-16-17-23(28)29-24-21(26)18-20(25)19-22(24)27/h6-7,9-10,18-19H,2-5,8,11-17H2,1H3/b7-6-,10-9-. The van der Waals surface area contributed by atoms with Gasteiger partial charge in [0.1, 0.15) is 0 Å². The molecule has 0 aliphatic carbocycles. The van der Waals surface area contributed by atoms with Gasteiger partial charge in [-0.15, -0.1) is 0 Å². The Morgan fingerprint density at radius 2 is 1.38 bits per heavy atom. The topological polar surface area (TPSA) is 26.3 Å². The molecule has 29 heavy (non-hydrogen) atoms. The van der Waals surface area contributed by atoms with Gasteiger partial charge in [0.25, 0.3) is 0 Å². The molecule has 162 valence electrons. The first-order valence-electron chi connectivity index (χ1n) is 10.7. The SMILES string of the molecule is CCCCC/C=C\C/C=C\CCCCCCCC(=O)Oc1c(Cl)cc(Cl)cc1Cl. The van der Waals surface area contributed by atoms with Gasteiger partial charge in [-0.3, -0.25) is 4.79 Å². The Labute approximate surface area is 191 Å². The summed E-state index contributed by atoms with van der Waals surface area (Å²) in [4.78, 5) is 11.9. The number of ether oxygens (including phenoxy) is 1. The molecule has 0 aliphatic rings. The van der Waals surface area contributed by atoms with Gasteiger partial charge in [-0.05, 0) is 50.7 Å². The minimum atomic E-state index is -0.318. The van der Waals surface area contributed by atoms with Crippen LogP contribution in [0.4, 0.5) is 0 Å². The fourth-order valence-electron chi connectivity index (χ4n) is 2.87. The van der Waals surface area contributed by atoms with Gasteiger partial charge in [0.2, 0.25) is 0 Å². The van der Waals surface area contributed by atoms with Crippen LogP contribution in [-0.4, -0.2) is 5.97 Å². The first kappa shape index (κ1) is 26.1. The van der Waals surface area contributed by atoms with E-state index in [1.165, 1.54) is 50.7 Å². The van der Waals surface area contributed by atoms with Gasteiger partial charge in [-0.25, -0.2) is 0 Å². The summed E-state index contributed by atoms with van der Waals surface area (Å²) in [6.45, 7) is 2.23. The van der Waals surface area contributed by atoms with Crippen LogP contribution in [-0.2, 0) is 4.79 Å². The van der Waals surface area contributed by atoms with E-state index in [1.54, 1.807) is 0 Å². The summed E-state index contributed by atoms with van der Waals surface area (Å²) in [5.41, 5.74) is 0. The first-order valence-corrected chi connectivity index (χ1v) is 11.8. The Kier molecular flexibility index (Phi) is 15.1. The second-order valence-corrected chi connectivity index (χ2v) is 8.40. The predicted octanol–water partition coefficient (Wildman–Crippen LogP) is 9.37. The van der Waals surface area contributed by atoms with Gasteiger partial charge in [-0.1, -0.05) is 98.1 Å². The van der Waals surface area contributed by atoms with Crippen LogP contribution in [0.1, 0.15) is 84.0 Å². The second-order valence-electron chi connectivity index (χ2n) is 7.15. The highest BCUT2D eigenvalue weighted by molar-refractivity contribution is 6.40. The number of carbonyl (C=O) groups excluding carboxylic acids is 1. The average Bonchev–Trinajstić information content (AvgIpc) is 2.67. The Bertz CT molecular complexity index is 631. The number of unbranched alkanes of at least 4 members (excludes halogenated alkanes) is 8. The third-order valence-electron chi connectivity index (χ3n) is 4.51. The third-order valence-corrected chi connectivity index (χ3v) is 5.29. The highest BCUT2D eigenvalue weighted by Gasteiger charge is 2.13. The smallest absolute Gasteiger partial charge is 0.311 e. The van der Waals surface area contributed by atoms with Crippen molar-refractivity contribution < 1.29 is 9.53 Å². The molecule has 0 saturated heterocycles. The number of hydrogen-bond acceptors (Lipinski definition) is 2. The van der Waals surface area contributed by atoms with Gasteiger partial charge in [0, 0.05) is 11.4 Å². The fourth-order valence-corrected chi connectivity index (χ4v) is 3.77. The second kappa shape index (κ2) is 16.8. The lowest BCUT2D eigenvalue weighted by Crippen LogP contribution is -2.08. The summed E-state index contributed by atoms with van der Waals surface area (Å²) < 4.78 is 5.27. The third kappa shape index (κ3) is 13.1. The molecular formula is C24H33Cl3O2. The Hall–Kier alpha value is -0.960. The molecule has 0 radical (unpaired) electrons. The van der Waals surface area contributed by atoms with Gasteiger partial charge < -0.3 is 4.74 Å². The Balaban J connectivity index is 2.02. The van der Waals surface area contributed by atoms with Gasteiger partial charge >= 0.3 is 5.97 Å². The van der Waals surface area contributed by atoms with E-state index in [-0.39, 0.29) is 21.8 Å². The van der Waals surface area contributed by atoms with Crippen molar-refractivity contribution in [2.45, 2.75) is 84.0 Å². The summed E-state index contributed by atoms with van der Waals surface area (Å²) in [5.74, 6) is -0.132. The van der Waals surface area contributed by atoms with Crippen LogP contribution >= 0.6 is 34.8 Å². The van der Waals surface area contributed by atoms with E-state index in [2.05, 4.69) is 31.2 Å². The van der Waals surface area contributed by atoms with Crippen LogP contribution in [0.15, 0.2) is 36.4 Å². The quantitative estimate of drug-likeness (QED) is 0.113. The maximum Gasteiger partial charge on any atom is 0.311 e. The maximum atomic E-state index is 11.9. The van der Waals surface area contributed by atoms with Crippen molar-refractivity contribution >= 4 is 40.8 Å². The van der Waals surface area contributed by atoms with E-state index in [1.807, 2.05) is 0 Å². The molecule has 0 amide bonds. The molecule has 0 atom stereocenters. The summed E-state index contributed by atoms with van der Waals surface area (Å²) in [7, 11) is 0. The molecule has 5 heteroatoms. The molecule has 2 nitrogen and oxygen atoms in total. The van der Waals surface area contributed by atoms with Crippen LogP contribution in [0.5, 0.6) is 5.75 Å². The predicted molar refractivity (Wildman–Crippen MR) is 126 cm³/mol. The maximum absolute atomic E-state index is 11.9. The van der Waals surface area contributed by atoms with Crippen molar-refractivity contribution in [3.63, 3.8) is 0 Å². The fraction of sp³-hybridized carbons (Fsp3) is 0.542. The van der Waals surface area contributed by atoms with E-state index in [9.17, 15) is 4.79 Å². The van der Waals surface area contributed by atoms with E-state index >= 15 is 0 Å². The van der Waals surface area contributed by atoms with Crippen molar-refractivity contribution in [1.82, 2.24) is 0 Å². The number of esters is 1. The summed E-state index contributed by atoms with van der Waals surface area (Å²) in [5, 5.41) is 0.903. The molecule has 0 aromatic heterocycles.